The number of hydrogen-bond donors (Lipinski definition) is 1. The van der Waals surface area contributed by atoms with E-state index in [4.69, 9.17) is 4.42 Å². The zero-order valence-corrected chi connectivity index (χ0v) is 17.6. The Morgan fingerprint density at radius 2 is 1.87 bits per heavy atom. The first kappa shape index (κ1) is 20.4. The van der Waals surface area contributed by atoms with Crippen LogP contribution in [0.25, 0.3) is 17.1 Å². The molecule has 0 radical (unpaired) electrons. The van der Waals surface area contributed by atoms with Gasteiger partial charge in [0.25, 0.3) is 5.91 Å². The molecule has 2 aromatic heterocycles. The third kappa shape index (κ3) is 4.63. The summed E-state index contributed by atoms with van der Waals surface area (Å²) in [5.74, 6) is 1.38. The number of nitrogens with zero attached hydrogens (tertiary/aromatic N) is 3. The molecule has 0 bridgehead atoms. The van der Waals surface area contributed by atoms with E-state index in [0.717, 1.165) is 11.4 Å². The third-order valence-electron chi connectivity index (χ3n) is 5.10. The van der Waals surface area contributed by atoms with Crippen molar-refractivity contribution in [1.29, 1.82) is 0 Å². The van der Waals surface area contributed by atoms with Gasteiger partial charge in [-0.25, -0.2) is 13.1 Å². The van der Waals surface area contributed by atoms with E-state index in [0.29, 0.717) is 43.2 Å². The van der Waals surface area contributed by atoms with E-state index in [-0.39, 0.29) is 17.4 Å². The minimum Gasteiger partial charge on any atom is -0.460 e. The molecule has 1 saturated heterocycles. The highest BCUT2D eigenvalue weighted by Gasteiger charge is 2.23. The Kier molecular flexibility index (Phi) is 5.74. The summed E-state index contributed by atoms with van der Waals surface area (Å²) in [6.07, 6.45) is 1.70. The number of benzene rings is 1. The first-order chi connectivity index (χ1) is 14.4. The first-order valence-corrected chi connectivity index (χ1v) is 11.7. The topological polar surface area (TPSA) is 97.4 Å². The Morgan fingerprint density at radius 3 is 2.53 bits per heavy atom. The van der Waals surface area contributed by atoms with E-state index in [9.17, 15) is 13.2 Å². The number of aromatic nitrogens is 2. The summed E-state index contributed by atoms with van der Waals surface area (Å²) < 4.78 is 30.5. The predicted octanol–water partition coefficient (Wildman–Crippen LogP) is 1.90. The van der Waals surface area contributed by atoms with Crippen molar-refractivity contribution in [3.05, 3.63) is 60.0 Å². The predicted molar refractivity (Wildman–Crippen MR) is 113 cm³/mol. The number of para-hydroxylation sites is 1. The van der Waals surface area contributed by atoms with E-state index in [1.807, 2.05) is 48.2 Å². The molecule has 0 saturated carbocycles. The van der Waals surface area contributed by atoms with E-state index >= 15 is 0 Å². The lowest BCUT2D eigenvalue weighted by molar-refractivity contribution is 0.0949. The van der Waals surface area contributed by atoms with Crippen LogP contribution in [0.15, 0.2) is 53.1 Å². The van der Waals surface area contributed by atoms with Gasteiger partial charge in [-0.2, -0.15) is 5.10 Å². The van der Waals surface area contributed by atoms with Crippen LogP contribution < -0.4 is 5.32 Å². The molecule has 1 fully saturated rings. The number of rotatable bonds is 6. The average Bonchev–Trinajstić information content (AvgIpc) is 3.36. The second kappa shape index (κ2) is 8.45. The molecule has 1 aliphatic heterocycles. The van der Waals surface area contributed by atoms with Gasteiger partial charge in [0.05, 0.1) is 22.8 Å². The number of carbonyl (C=O) groups is 1. The molecule has 3 heterocycles. The van der Waals surface area contributed by atoms with Gasteiger partial charge in [0.15, 0.2) is 15.6 Å². The molecule has 0 atom stereocenters. The summed E-state index contributed by atoms with van der Waals surface area (Å²) in [5, 5.41) is 7.51. The van der Waals surface area contributed by atoms with Gasteiger partial charge in [-0.3, -0.25) is 9.69 Å². The third-order valence-corrected chi connectivity index (χ3v) is 6.71. The lowest BCUT2D eigenvalue weighted by Gasteiger charge is -2.26. The number of amides is 1. The Balaban J connectivity index is 1.49. The molecule has 0 aliphatic carbocycles. The van der Waals surface area contributed by atoms with Crippen LogP contribution in [0.5, 0.6) is 0 Å². The largest absolute Gasteiger partial charge is 0.460 e. The molecular weight excluding hydrogens is 404 g/mol. The van der Waals surface area contributed by atoms with Gasteiger partial charge < -0.3 is 9.73 Å². The molecule has 8 nitrogen and oxygen atoms in total. The molecule has 30 heavy (non-hydrogen) atoms. The van der Waals surface area contributed by atoms with E-state index < -0.39 is 9.84 Å². The highest BCUT2D eigenvalue weighted by Crippen LogP contribution is 2.25. The van der Waals surface area contributed by atoms with Crippen LogP contribution in [0.2, 0.25) is 0 Å². The van der Waals surface area contributed by atoms with E-state index in [2.05, 4.69) is 10.4 Å². The van der Waals surface area contributed by atoms with Crippen molar-refractivity contribution in [2.24, 2.45) is 0 Å². The van der Waals surface area contributed by atoms with Crippen LogP contribution in [0.1, 0.15) is 16.1 Å². The van der Waals surface area contributed by atoms with Crippen molar-refractivity contribution >= 4 is 15.7 Å². The Labute approximate surface area is 175 Å². The van der Waals surface area contributed by atoms with Crippen molar-refractivity contribution in [3.63, 3.8) is 0 Å². The highest BCUT2D eigenvalue weighted by molar-refractivity contribution is 7.91. The minimum atomic E-state index is -2.91. The molecular formula is C21H24N4O4S. The summed E-state index contributed by atoms with van der Waals surface area (Å²) >= 11 is 0. The highest BCUT2D eigenvalue weighted by atomic mass is 32.2. The molecule has 0 spiro atoms. The second-order valence-corrected chi connectivity index (χ2v) is 9.63. The molecule has 0 unspecified atom stereocenters. The van der Waals surface area contributed by atoms with Crippen LogP contribution in [-0.2, 0) is 9.84 Å². The molecule has 1 aliphatic rings. The Hall–Kier alpha value is -2.91. The maximum atomic E-state index is 12.9. The van der Waals surface area contributed by atoms with Crippen LogP contribution in [0.3, 0.4) is 0 Å². The summed E-state index contributed by atoms with van der Waals surface area (Å²) in [4.78, 5) is 15.0. The van der Waals surface area contributed by atoms with Crippen molar-refractivity contribution in [1.82, 2.24) is 20.0 Å². The quantitative estimate of drug-likeness (QED) is 0.644. The molecule has 1 amide bonds. The normalized spacial score (nSPS) is 16.4. The minimum absolute atomic E-state index is 0.173. The maximum Gasteiger partial charge on any atom is 0.255 e. The van der Waals surface area contributed by atoms with E-state index in [1.54, 1.807) is 16.9 Å². The number of hydrogen-bond acceptors (Lipinski definition) is 6. The maximum absolute atomic E-state index is 12.9. The number of nitrogens with one attached hydrogen (secondary N) is 1. The van der Waals surface area contributed by atoms with Crippen molar-refractivity contribution in [2.75, 3.05) is 37.7 Å². The fraction of sp³-hybridized carbons (Fsp3) is 0.333. The van der Waals surface area contributed by atoms with Gasteiger partial charge in [0, 0.05) is 32.4 Å². The summed E-state index contributed by atoms with van der Waals surface area (Å²) in [7, 11) is -2.91. The Bertz CT molecular complexity index is 1120. The smallest absolute Gasteiger partial charge is 0.255 e. The molecule has 1 N–H and O–H groups in total. The van der Waals surface area contributed by atoms with Crippen molar-refractivity contribution in [2.45, 2.75) is 6.92 Å². The second-order valence-electron chi connectivity index (χ2n) is 7.33. The zero-order chi connectivity index (χ0) is 21.1. The number of carbonyl (C=O) groups excluding carboxylic acids is 1. The lowest BCUT2D eigenvalue weighted by Crippen LogP contribution is -2.43. The fourth-order valence-corrected chi connectivity index (χ4v) is 4.67. The standard InChI is InChI=1S/C21H24N4O4S/c1-16-7-8-19(29-16)20-18(15-25(23-20)17-5-3-2-4-6-17)21(26)22-9-10-24-11-13-30(27,28)14-12-24/h2-8,15H,9-14H2,1H3,(H,22,26). The zero-order valence-electron chi connectivity index (χ0n) is 16.7. The van der Waals surface area contributed by atoms with Gasteiger partial charge in [-0.05, 0) is 31.2 Å². The monoisotopic (exact) mass is 428 g/mol. The average molecular weight is 429 g/mol. The SMILES string of the molecule is Cc1ccc(-c2nn(-c3ccccc3)cc2C(=O)NCCN2CCS(=O)(=O)CC2)o1. The molecule has 1 aromatic carbocycles. The van der Waals surface area contributed by atoms with Gasteiger partial charge >= 0.3 is 0 Å². The number of sulfone groups is 1. The molecule has 9 heteroatoms. The number of aryl methyl sites for hydroxylation is 1. The summed E-state index contributed by atoms with van der Waals surface area (Å²) in [5.41, 5.74) is 1.75. The lowest BCUT2D eigenvalue weighted by atomic mass is 10.2. The Morgan fingerprint density at radius 1 is 1.13 bits per heavy atom. The van der Waals surface area contributed by atoms with E-state index in [1.165, 1.54) is 0 Å². The van der Waals surface area contributed by atoms with Crippen LogP contribution >= 0.6 is 0 Å². The fourth-order valence-electron chi connectivity index (χ4n) is 3.39. The molecule has 158 valence electrons. The van der Waals surface area contributed by atoms with Gasteiger partial charge in [-0.1, -0.05) is 18.2 Å². The summed E-state index contributed by atoms with van der Waals surface area (Å²) in [6.45, 7) is 3.87. The van der Waals surface area contributed by atoms with Gasteiger partial charge in [0.2, 0.25) is 0 Å². The van der Waals surface area contributed by atoms with Gasteiger partial charge in [-0.15, -0.1) is 0 Å². The van der Waals surface area contributed by atoms with Crippen LogP contribution in [0, 0.1) is 6.92 Å². The van der Waals surface area contributed by atoms with Crippen molar-refractivity contribution in [3.8, 4) is 17.1 Å². The van der Waals surface area contributed by atoms with Gasteiger partial charge in [0.1, 0.15) is 11.5 Å². The van der Waals surface area contributed by atoms with Crippen molar-refractivity contribution < 1.29 is 17.6 Å². The van der Waals surface area contributed by atoms with Crippen LogP contribution in [-0.4, -0.2) is 66.7 Å². The van der Waals surface area contributed by atoms with Crippen LogP contribution in [0.4, 0.5) is 0 Å². The molecule has 4 rings (SSSR count). The molecule has 3 aromatic rings. The number of furan rings is 1. The summed E-state index contributed by atoms with van der Waals surface area (Å²) in [6, 6.07) is 13.2. The first-order valence-electron chi connectivity index (χ1n) is 9.84.